The zero-order chi connectivity index (χ0) is 16.4. The van der Waals surface area contributed by atoms with Gasteiger partial charge in [-0.2, -0.15) is 5.10 Å². The lowest BCUT2D eigenvalue weighted by Crippen LogP contribution is -2.35. The molecule has 0 radical (unpaired) electrons. The molecule has 2 aromatic rings. The summed E-state index contributed by atoms with van der Waals surface area (Å²) in [6.07, 6.45) is 9.34. The highest BCUT2D eigenvalue weighted by Crippen LogP contribution is 2.29. The number of aryl methyl sites for hydroxylation is 1. The van der Waals surface area contributed by atoms with Gasteiger partial charge in [-0.15, -0.1) is 0 Å². The van der Waals surface area contributed by atoms with Gasteiger partial charge < -0.3 is 16.8 Å². The smallest absolute Gasteiger partial charge is 0.254 e. The van der Waals surface area contributed by atoms with Gasteiger partial charge in [-0.25, -0.2) is 0 Å². The summed E-state index contributed by atoms with van der Waals surface area (Å²) in [5.41, 5.74) is 13.9. The molecule has 0 saturated heterocycles. The van der Waals surface area contributed by atoms with E-state index in [2.05, 4.69) is 15.4 Å². The summed E-state index contributed by atoms with van der Waals surface area (Å²) in [6.45, 7) is 1.95. The normalized spacial score (nSPS) is 21.1. The standard InChI is InChI=1S/C16H22N6O/c1-10-6-11(8-19-7-10)20-16-12(15(18)23)9-22(21-16)14-5-3-2-4-13(14)17/h6-9,13-14H,2-5,17H2,1H3,(H2,18,23)(H,20,21). The molecule has 1 aliphatic carbocycles. The van der Waals surface area contributed by atoms with Crippen molar-refractivity contribution in [1.29, 1.82) is 0 Å². The van der Waals surface area contributed by atoms with Gasteiger partial charge in [-0.1, -0.05) is 12.8 Å². The van der Waals surface area contributed by atoms with Gasteiger partial charge in [0.25, 0.3) is 5.91 Å². The molecule has 1 saturated carbocycles. The Labute approximate surface area is 135 Å². The SMILES string of the molecule is Cc1cncc(Nc2nn(C3CCCCC3N)cc2C(N)=O)c1. The second-order valence-electron chi connectivity index (χ2n) is 6.13. The number of carbonyl (C=O) groups is 1. The Balaban J connectivity index is 1.91. The fourth-order valence-corrected chi connectivity index (χ4v) is 3.06. The third kappa shape index (κ3) is 3.34. The van der Waals surface area contributed by atoms with Crippen molar-refractivity contribution in [3.8, 4) is 0 Å². The highest BCUT2D eigenvalue weighted by atomic mass is 16.1. The number of hydrogen-bond donors (Lipinski definition) is 3. The minimum atomic E-state index is -0.510. The summed E-state index contributed by atoms with van der Waals surface area (Å²) in [7, 11) is 0. The molecule has 7 nitrogen and oxygen atoms in total. The van der Waals surface area contributed by atoms with Crippen LogP contribution in [0.1, 0.15) is 47.6 Å². The summed E-state index contributed by atoms with van der Waals surface area (Å²) >= 11 is 0. The largest absolute Gasteiger partial charge is 0.365 e. The molecule has 5 N–H and O–H groups in total. The van der Waals surface area contributed by atoms with Crippen LogP contribution in [-0.2, 0) is 0 Å². The van der Waals surface area contributed by atoms with E-state index in [1.54, 1.807) is 23.3 Å². The number of amides is 1. The summed E-state index contributed by atoms with van der Waals surface area (Å²) in [4.78, 5) is 15.9. The van der Waals surface area contributed by atoms with Gasteiger partial charge in [0.2, 0.25) is 0 Å². The summed E-state index contributed by atoms with van der Waals surface area (Å²) < 4.78 is 1.79. The van der Waals surface area contributed by atoms with Crippen molar-refractivity contribution in [2.45, 2.75) is 44.7 Å². The second-order valence-corrected chi connectivity index (χ2v) is 6.13. The highest BCUT2D eigenvalue weighted by molar-refractivity contribution is 5.98. The van der Waals surface area contributed by atoms with Gasteiger partial charge >= 0.3 is 0 Å². The molecule has 122 valence electrons. The van der Waals surface area contributed by atoms with Crippen molar-refractivity contribution in [2.24, 2.45) is 11.5 Å². The number of nitrogens with one attached hydrogen (secondary N) is 1. The minimum absolute atomic E-state index is 0.0536. The van der Waals surface area contributed by atoms with Gasteiger partial charge in [0.15, 0.2) is 5.82 Å². The molecule has 0 bridgehead atoms. The van der Waals surface area contributed by atoms with Crippen molar-refractivity contribution in [1.82, 2.24) is 14.8 Å². The fourth-order valence-electron chi connectivity index (χ4n) is 3.06. The number of hydrogen-bond acceptors (Lipinski definition) is 5. The van der Waals surface area contributed by atoms with Crippen LogP contribution in [0.25, 0.3) is 0 Å². The first-order chi connectivity index (χ1) is 11.0. The molecule has 23 heavy (non-hydrogen) atoms. The predicted molar refractivity (Wildman–Crippen MR) is 88.5 cm³/mol. The van der Waals surface area contributed by atoms with E-state index in [0.717, 1.165) is 36.9 Å². The van der Waals surface area contributed by atoms with Crippen LogP contribution in [0.2, 0.25) is 0 Å². The van der Waals surface area contributed by atoms with Crippen LogP contribution in [0.5, 0.6) is 0 Å². The number of aromatic nitrogens is 3. The quantitative estimate of drug-likeness (QED) is 0.797. The Morgan fingerprint density at radius 2 is 2.13 bits per heavy atom. The van der Waals surface area contributed by atoms with E-state index >= 15 is 0 Å². The van der Waals surface area contributed by atoms with E-state index in [0.29, 0.717) is 11.4 Å². The number of nitrogens with zero attached hydrogens (tertiary/aromatic N) is 3. The maximum absolute atomic E-state index is 11.7. The molecule has 3 rings (SSSR count). The average molecular weight is 314 g/mol. The first-order valence-corrected chi connectivity index (χ1v) is 7.88. The molecular formula is C16H22N6O. The zero-order valence-electron chi connectivity index (χ0n) is 13.2. The Bertz CT molecular complexity index is 710. The van der Waals surface area contributed by atoms with E-state index in [1.165, 1.54) is 0 Å². The van der Waals surface area contributed by atoms with Crippen LogP contribution in [0, 0.1) is 6.92 Å². The van der Waals surface area contributed by atoms with E-state index in [4.69, 9.17) is 11.5 Å². The first-order valence-electron chi connectivity index (χ1n) is 7.88. The Hall–Kier alpha value is -2.41. The Morgan fingerprint density at radius 3 is 2.83 bits per heavy atom. The summed E-state index contributed by atoms with van der Waals surface area (Å²) in [5, 5.41) is 7.66. The zero-order valence-corrected chi connectivity index (χ0v) is 13.2. The van der Waals surface area contributed by atoms with E-state index in [1.807, 2.05) is 13.0 Å². The van der Waals surface area contributed by atoms with Gasteiger partial charge in [0, 0.05) is 18.4 Å². The number of pyridine rings is 1. The molecule has 1 fully saturated rings. The van der Waals surface area contributed by atoms with Crippen LogP contribution < -0.4 is 16.8 Å². The lowest BCUT2D eigenvalue weighted by Gasteiger charge is -2.28. The number of carbonyl (C=O) groups excluding carboxylic acids is 1. The van der Waals surface area contributed by atoms with Crippen molar-refractivity contribution < 1.29 is 4.79 Å². The van der Waals surface area contributed by atoms with Crippen molar-refractivity contribution >= 4 is 17.4 Å². The van der Waals surface area contributed by atoms with Crippen LogP contribution in [0.15, 0.2) is 24.7 Å². The minimum Gasteiger partial charge on any atom is -0.365 e. The maximum atomic E-state index is 11.7. The highest BCUT2D eigenvalue weighted by Gasteiger charge is 2.26. The Morgan fingerprint density at radius 1 is 1.35 bits per heavy atom. The maximum Gasteiger partial charge on any atom is 0.254 e. The lowest BCUT2D eigenvalue weighted by molar-refractivity contribution is 0.100. The van der Waals surface area contributed by atoms with Crippen molar-refractivity contribution in [3.05, 3.63) is 35.8 Å². The van der Waals surface area contributed by atoms with Crippen molar-refractivity contribution in [3.63, 3.8) is 0 Å². The summed E-state index contributed by atoms with van der Waals surface area (Å²) in [6, 6.07) is 2.09. The predicted octanol–water partition coefficient (Wildman–Crippen LogP) is 1.87. The average Bonchev–Trinajstić information content (AvgIpc) is 2.91. The molecule has 2 aromatic heterocycles. The van der Waals surface area contributed by atoms with Crippen LogP contribution in [0.3, 0.4) is 0 Å². The molecule has 0 aromatic carbocycles. The van der Waals surface area contributed by atoms with Gasteiger partial charge in [-0.3, -0.25) is 14.5 Å². The molecule has 2 unspecified atom stereocenters. The van der Waals surface area contributed by atoms with Gasteiger partial charge in [0.1, 0.15) is 5.56 Å². The molecule has 0 spiro atoms. The van der Waals surface area contributed by atoms with Gasteiger partial charge in [-0.05, 0) is 31.4 Å². The molecular weight excluding hydrogens is 292 g/mol. The first kappa shape index (κ1) is 15.5. The molecule has 2 atom stereocenters. The van der Waals surface area contributed by atoms with Gasteiger partial charge in [0.05, 0.1) is 17.9 Å². The van der Waals surface area contributed by atoms with Crippen LogP contribution in [0.4, 0.5) is 11.5 Å². The molecule has 2 heterocycles. The molecule has 0 aliphatic heterocycles. The number of anilines is 2. The Kier molecular flexibility index (Phi) is 4.29. The van der Waals surface area contributed by atoms with E-state index in [-0.39, 0.29) is 12.1 Å². The van der Waals surface area contributed by atoms with Crippen molar-refractivity contribution in [2.75, 3.05) is 5.32 Å². The monoisotopic (exact) mass is 314 g/mol. The van der Waals surface area contributed by atoms with E-state index < -0.39 is 5.91 Å². The lowest BCUT2D eigenvalue weighted by atomic mass is 9.91. The second kappa shape index (κ2) is 6.37. The number of primary amides is 1. The molecule has 1 aliphatic rings. The number of nitrogens with two attached hydrogens (primary N) is 2. The molecule has 7 heteroatoms. The third-order valence-electron chi connectivity index (χ3n) is 4.26. The topological polar surface area (TPSA) is 112 Å². The summed E-state index contributed by atoms with van der Waals surface area (Å²) in [5.74, 6) is -0.0635. The number of rotatable bonds is 4. The van der Waals surface area contributed by atoms with Crippen LogP contribution >= 0.6 is 0 Å². The third-order valence-corrected chi connectivity index (χ3v) is 4.26. The fraction of sp³-hybridized carbons (Fsp3) is 0.438. The molecule has 1 amide bonds. The van der Waals surface area contributed by atoms with E-state index in [9.17, 15) is 4.79 Å². The van der Waals surface area contributed by atoms with Crippen LogP contribution in [-0.4, -0.2) is 26.7 Å².